The minimum atomic E-state index is -4.37. The molecule has 1 amide bonds. The number of hydrogen-bond acceptors (Lipinski definition) is 4. The van der Waals surface area contributed by atoms with E-state index in [0.29, 0.717) is 11.2 Å². The van der Waals surface area contributed by atoms with E-state index in [9.17, 15) is 23.0 Å². The van der Waals surface area contributed by atoms with Crippen molar-refractivity contribution in [3.8, 4) is 0 Å². The number of amides is 1. The average molecular weight is 381 g/mol. The van der Waals surface area contributed by atoms with Crippen LogP contribution in [0.5, 0.6) is 0 Å². The number of carbonyl (C=O) groups is 1. The van der Waals surface area contributed by atoms with Crippen LogP contribution in [0.1, 0.15) is 29.8 Å². The van der Waals surface area contributed by atoms with Crippen molar-refractivity contribution in [2.45, 2.75) is 29.9 Å². The number of rotatable bonds is 3. The summed E-state index contributed by atoms with van der Waals surface area (Å²) in [6.07, 6.45) is 0. The number of thioether (sulfide) groups is 1. The van der Waals surface area contributed by atoms with Gasteiger partial charge in [-0.15, -0.1) is 0 Å². The highest BCUT2D eigenvalue weighted by atomic mass is 32.2. The minimum absolute atomic E-state index is 0.00841. The Labute approximate surface area is 152 Å². The topological polar surface area (TPSA) is 58.6 Å². The molecular weight excluding hydrogens is 366 g/mol. The zero-order valence-electron chi connectivity index (χ0n) is 13.9. The van der Waals surface area contributed by atoms with E-state index in [1.54, 1.807) is 18.2 Å². The van der Waals surface area contributed by atoms with Crippen molar-refractivity contribution in [3.63, 3.8) is 0 Å². The summed E-state index contributed by atoms with van der Waals surface area (Å²) in [6, 6.07) is 10.2. The summed E-state index contributed by atoms with van der Waals surface area (Å²) in [4.78, 5) is 12.3. The molecule has 0 saturated heterocycles. The summed E-state index contributed by atoms with van der Waals surface area (Å²) in [5.74, 6) is -0.457. The first kappa shape index (κ1) is 18.8. The molecule has 9 heteroatoms. The van der Waals surface area contributed by atoms with Gasteiger partial charge in [-0.3, -0.25) is 4.79 Å². The lowest BCUT2D eigenvalue weighted by Gasteiger charge is -2.19. The SMILES string of the molecule is CC1(C)OB(O)c2cc(NC(=O)c3ccc(SC(F)(F)F)cc3)ccc21. The number of carbonyl (C=O) groups excluding carboxylic acids is 1. The summed E-state index contributed by atoms with van der Waals surface area (Å²) < 4.78 is 42.5. The van der Waals surface area contributed by atoms with Crippen LogP contribution in [-0.4, -0.2) is 23.6 Å². The summed E-state index contributed by atoms with van der Waals surface area (Å²) in [6.45, 7) is 3.67. The molecule has 136 valence electrons. The largest absolute Gasteiger partial charge is 0.492 e. The van der Waals surface area contributed by atoms with Crippen molar-refractivity contribution in [2.75, 3.05) is 5.32 Å². The smallest absolute Gasteiger partial charge is 0.423 e. The molecular formula is C17H15BF3NO3S. The fourth-order valence-corrected chi connectivity index (χ4v) is 3.35. The van der Waals surface area contributed by atoms with Gasteiger partial charge in [0.15, 0.2) is 0 Å². The van der Waals surface area contributed by atoms with E-state index < -0.39 is 24.1 Å². The van der Waals surface area contributed by atoms with Crippen molar-refractivity contribution in [2.24, 2.45) is 0 Å². The second kappa shape index (κ2) is 6.64. The molecule has 0 aromatic heterocycles. The van der Waals surface area contributed by atoms with Crippen LogP contribution in [0.25, 0.3) is 0 Å². The third-order valence-corrected chi connectivity index (χ3v) is 4.72. The molecule has 2 aromatic carbocycles. The van der Waals surface area contributed by atoms with Crippen LogP contribution in [-0.2, 0) is 10.3 Å². The highest BCUT2D eigenvalue weighted by molar-refractivity contribution is 8.00. The van der Waals surface area contributed by atoms with Gasteiger partial charge < -0.3 is 15.0 Å². The van der Waals surface area contributed by atoms with Crippen molar-refractivity contribution >= 4 is 35.9 Å². The molecule has 0 aliphatic carbocycles. The summed E-state index contributed by atoms with van der Waals surface area (Å²) >= 11 is -0.235. The lowest BCUT2D eigenvalue weighted by Crippen LogP contribution is -2.29. The monoisotopic (exact) mass is 381 g/mol. The molecule has 0 fully saturated rings. The highest BCUT2D eigenvalue weighted by Crippen LogP contribution is 2.36. The molecule has 4 nitrogen and oxygen atoms in total. The Balaban J connectivity index is 1.74. The zero-order chi connectivity index (χ0) is 19.1. The van der Waals surface area contributed by atoms with Crippen LogP contribution < -0.4 is 10.8 Å². The van der Waals surface area contributed by atoms with E-state index in [1.807, 2.05) is 13.8 Å². The van der Waals surface area contributed by atoms with Crippen molar-refractivity contribution in [1.29, 1.82) is 0 Å². The normalized spacial score (nSPS) is 15.7. The molecule has 2 N–H and O–H groups in total. The Morgan fingerprint density at radius 3 is 2.46 bits per heavy atom. The maximum atomic E-state index is 12.3. The number of halogens is 3. The van der Waals surface area contributed by atoms with Crippen LogP contribution in [0.3, 0.4) is 0 Å². The zero-order valence-corrected chi connectivity index (χ0v) is 14.7. The predicted molar refractivity (Wildman–Crippen MR) is 94.5 cm³/mol. The quantitative estimate of drug-likeness (QED) is 0.631. The molecule has 0 spiro atoms. The first-order valence-electron chi connectivity index (χ1n) is 7.73. The molecule has 0 saturated carbocycles. The van der Waals surface area contributed by atoms with E-state index in [-0.39, 0.29) is 22.2 Å². The van der Waals surface area contributed by atoms with Crippen LogP contribution in [0.2, 0.25) is 0 Å². The summed E-state index contributed by atoms with van der Waals surface area (Å²) in [5, 5.41) is 12.7. The van der Waals surface area contributed by atoms with Gasteiger partial charge in [0.25, 0.3) is 5.91 Å². The molecule has 0 unspecified atom stereocenters. The Kier molecular flexibility index (Phi) is 4.81. The second-order valence-corrected chi connectivity index (χ2v) is 7.45. The molecule has 1 heterocycles. The highest BCUT2D eigenvalue weighted by Gasteiger charge is 2.40. The fourth-order valence-electron chi connectivity index (χ4n) is 2.81. The van der Waals surface area contributed by atoms with Gasteiger partial charge in [-0.25, -0.2) is 0 Å². The Hall–Kier alpha value is -1.97. The molecule has 0 bridgehead atoms. The molecule has 26 heavy (non-hydrogen) atoms. The van der Waals surface area contributed by atoms with Gasteiger partial charge in [-0.1, -0.05) is 6.07 Å². The lowest BCUT2D eigenvalue weighted by molar-refractivity contribution is -0.0328. The standard InChI is InChI=1S/C17H15BF3NO3S/c1-16(2)13-8-5-11(9-14(13)18(24)25-16)22-15(23)10-3-6-12(7-4-10)26-17(19,20)21/h3-9,24H,1-2H3,(H,22,23). The molecule has 3 rings (SSSR count). The van der Waals surface area contributed by atoms with E-state index >= 15 is 0 Å². The maximum absolute atomic E-state index is 12.3. The fraction of sp³-hybridized carbons (Fsp3) is 0.235. The van der Waals surface area contributed by atoms with Gasteiger partial charge in [-0.05, 0) is 73.0 Å². The Morgan fingerprint density at radius 2 is 1.85 bits per heavy atom. The van der Waals surface area contributed by atoms with Gasteiger partial charge in [-0.2, -0.15) is 13.2 Å². The van der Waals surface area contributed by atoms with Crippen molar-refractivity contribution in [3.05, 3.63) is 53.6 Å². The number of alkyl halides is 3. The second-order valence-electron chi connectivity index (χ2n) is 6.31. The third kappa shape index (κ3) is 4.05. The maximum Gasteiger partial charge on any atom is 0.492 e. The van der Waals surface area contributed by atoms with Crippen molar-refractivity contribution in [1.82, 2.24) is 0 Å². The first-order valence-corrected chi connectivity index (χ1v) is 8.54. The summed E-state index contributed by atoms with van der Waals surface area (Å²) in [5.41, 5.74) is -2.90. The third-order valence-electron chi connectivity index (χ3n) is 3.98. The number of nitrogens with one attached hydrogen (secondary N) is 1. The van der Waals surface area contributed by atoms with Gasteiger partial charge in [0.2, 0.25) is 0 Å². The first-order chi connectivity index (χ1) is 12.0. The van der Waals surface area contributed by atoms with E-state index in [2.05, 4.69) is 5.32 Å². The Morgan fingerprint density at radius 1 is 1.19 bits per heavy atom. The average Bonchev–Trinajstić information content (AvgIpc) is 2.75. The van der Waals surface area contributed by atoms with Crippen LogP contribution in [0.4, 0.5) is 18.9 Å². The lowest BCUT2D eigenvalue weighted by atomic mass is 9.78. The molecule has 0 radical (unpaired) electrons. The number of fused-ring (bicyclic) bond motifs is 1. The number of benzene rings is 2. The van der Waals surface area contributed by atoms with E-state index in [4.69, 9.17) is 4.65 Å². The number of anilines is 1. The minimum Gasteiger partial charge on any atom is -0.423 e. The predicted octanol–water partition coefficient (Wildman–Crippen LogP) is 3.50. The summed E-state index contributed by atoms with van der Waals surface area (Å²) in [7, 11) is -1.07. The van der Waals surface area contributed by atoms with Gasteiger partial charge in [0.1, 0.15) is 0 Å². The Bertz CT molecular complexity index is 840. The molecule has 0 atom stereocenters. The van der Waals surface area contributed by atoms with Gasteiger partial charge >= 0.3 is 12.6 Å². The molecule has 2 aromatic rings. The van der Waals surface area contributed by atoms with Gasteiger partial charge in [0.05, 0.1) is 5.60 Å². The van der Waals surface area contributed by atoms with Crippen molar-refractivity contribution < 1.29 is 27.6 Å². The van der Waals surface area contributed by atoms with Crippen LogP contribution in [0, 0.1) is 0 Å². The molecule has 1 aliphatic heterocycles. The van der Waals surface area contributed by atoms with Crippen LogP contribution >= 0.6 is 11.8 Å². The van der Waals surface area contributed by atoms with E-state index in [0.717, 1.165) is 5.56 Å². The van der Waals surface area contributed by atoms with E-state index in [1.165, 1.54) is 24.3 Å². The van der Waals surface area contributed by atoms with Crippen LogP contribution in [0.15, 0.2) is 47.4 Å². The number of hydrogen-bond donors (Lipinski definition) is 2. The molecule has 1 aliphatic rings. The van der Waals surface area contributed by atoms with Gasteiger partial charge in [0, 0.05) is 16.1 Å².